The summed E-state index contributed by atoms with van der Waals surface area (Å²) in [6.07, 6.45) is 1.59. The minimum Gasteiger partial charge on any atom is -0.507 e. The first-order valence-corrected chi connectivity index (χ1v) is 6.59. The number of aromatic hydroxyl groups is 1. The number of amides is 1. The van der Waals surface area contributed by atoms with Crippen LogP contribution < -0.4 is 5.32 Å². The number of carbonyl (C=O) groups excluding carboxylic acids is 1. The van der Waals surface area contributed by atoms with E-state index < -0.39 is 0 Å². The molecule has 3 aromatic rings. The summed E-state index contributed by atoms with van der Waals surface area (Å²) in [5.74, 6) is -0.393. The second-order valence-corrected chi connectivity index (χ2v) is 4.86. The molecule has 0 saturated heterocycles. The molecule has 1 aromatic heterocycles. The monoisotopic (exact) mass is 278 g/mol. The predicted molar refractivity (Wildman–Crippen MR) is 82.5 cm³/mol. The molecule has 104 valence electrons. The smallest absolute Gasteiger partial charge is 0.259 e. The van der Waals surface area contributed by atoms with Gasteiger partial charge in [0.1, 0.15) is 5.75 Å². The Hall–Kier alpha value is -2.88. The molecule has 0 fully saturated rings. The standard InChI is InChI=1S/C17H14N2O2/c1-11-6-7-14(10-18-11)19-17(21)15-8-12-4-2-3-5-13(12)9-16(15)20/h2-10,20H,1H3,(H,19,21). The number of hydrogen-bond acceptors (Lipinski definition) is 3. The van der Waals surface area contributed by atoms with Gasteiger partial charge in [0.25, 0.3) is 5.91 Å². The fourth-order valence-electron chi connectivity index (χ4n) is 2.15. The average Bonchev–Trinajstić information content (AvgIpc) is 2.49. The molecule has 0 unspecified atom stereocenters. The van der Waals surface area contributed by atoms with E-state index in [0.717, 1.165) is 16.5 Å². The molecule has 0 aliphatic carbocycles. The van der Waals surface area contributed by atoms with Gasteiger partial charge in [0.2, 0.25) is 0 Å². The number of anilines is 1. The van der Waals surface area contributed by atoms with E-state index in [1.807, 2.05) is 37.3 Å². The second kappa shape index (κ2) is 5.25. The van der Waals surface area contributed by atoms with Crippen LogP contribution in [0.1, 0.15) is 16.1 Å². The maximum absolute atomic E-state index is 12.3. The number of aromatic nitrogens is 1. The summed E-state index contributed by atoms with van der Waals surface area (Å²) in [4.78, 5) is 16.4. The van der Waals surface area contributed by atoms with Gasteiger partial charge in [-0.1, -0.05) is 24.3 Å². The van der Waals surface area contributed by atoms with Crippen LogP contribution in [0.2, 0.25) is 0 Å². The highest BCUT2D eigenvalue weighted by molar-refractivity contribution is 6.08. The summed E-state index contributed by atoms with van der Waals surface area (Å²) in [6.45, 7) is 1.88. The fraction of sp³-hybridized carbons (Fsp3) is 0.0588. The number of pyridine rings is 1. The van der Waals surface area contributed by atoms with Crippen molar-refractivity contribution in [3.05, 3.63) is 66.0 Å². The molecule has 2 N–H and O–H groups in total. The summed E-state index contributed by atoms with van der Waals surface area (Å²) in [6, 6.07) is 14.4. The summed E-state index contributed by atoms with van der Waals surface area (Å²) in [5.41, 5.74) is 1.72. The number of rotatable bonds is 2. The molecular weight excluding hydrogens is 264 g/mol. The Morgan fingerprint density at radius 3 is 2.48 bits per heavy atom. The second-order valence-electron chi connectivity index (χ2n) is 4.86. The molecular formula is C17H14N2O2. The van der Waals surface area contributed by atoms with Crippen molar-refractivity contribution in [2.45, 2.75) is 6.92 Å². The average molecular weight is 278 g/mol. The highest BCUT2D eigenvalue weighted by Crippen LogP contribution is 2.25. The van der Waals surface area contributed by atoms with Crippen molar-refractivity contribution >= 4 is 22.4 Å². The predicted octanol–water partition coefficient (Wildman–Crippen LogP) is 3.50. The van der Waals surface area contributed by atoms with Crippen LogP contribution in [0.3, 0.4) is 0 Å². The van der Waals surface area contributed by atoms with E-state index in [0.29, 0.717) is 5.69 Å². The molecule has 0 aliphatic rings. The van der Waals surface area contributed by atoms with Crippen molar-refractivity contribution in [3.8, 4) is 5.75 Å². The molecule has 1 amide bonds. The molecule has 0 radical (unpaired) electrons. The van der Waals surface area contributed by atoms with Crippen molar-refractivity contribution in [1.82, 2.24) is 4.98 Å². The number of nitrogens with one attached hydrogen (secondary N) is 1. The maximum atomic E-state index is 12.3. The van der Waals surface area contributed by atoms with Crippen LogP contribution in [0.5, 0.6) is 5.75 Å². The van der Waals surface area contributed by atoms with E-state index in [1.165, 1.54) is 0 Å². The van der Waals surface area contributed by atoms with E-state index in [2.05, 4.69) is 10.3 Å². The SMILES string of the molecule is Cc1ccc(NC(=O)c2cc3ccccc3cc2O)cn1. The number of phenolic OH excluding ortho intramolecular Hbond substituents is 1. The van der Waals surface area contributed by atoms with Gasteiger partial charge in [0, 0.05) is 5.69 Å². The van der Waals surface area contributed by atoms with Crippen LogP contribution in [0, 0.1) is 6.92 Å². The Balaban J connectivity index is 1.93. The zero-order chi connectivity index (χ0) is 14.8. The summed E-state index contributed by atoms with van der Waals surface area (Å²) < 4.78 is 0. The summed E-state index contributed by atoms with van der Waals surface area (Å²) >= 11 is 0. The minimum atomic E-state index is -0.357. The lowest BCUT2D eigenvalue weighted by molar-refractivity contribution is 0.102. The Morgan fingerprint density at radius 2 is 1.81 bits per heavy atom. The van der Waals surface area contributed by atoms with E-state index in [1.54, 1.807) is 24.4 Å². The van der Waals surface area contributed by atoms with Crippen molar-refractivity contribution in [2.75, 3.05) is 5.32 Å². The number of carbonyl (C=O) groups is 1. The van der Waals surface area contributed by atoms with Gasteiger partial charge < -0.3 is 10.4 Å². The van der Waals surface area contributed by atoms with Crippen molar-refractivity contribution in [3.63, 3.8) is 0 Å². The van der Waals surface area contributed by atoms with E-state index in [-0.39, 0.29) is 17.2 Å². The number of benzene rings is 2. The Bertz CT molecular complexity index is 811. The molecule has 0 aliphatic heterocycles. The van der Waals surface area contributed by atoms with Crippen molar-refractivity contribution in [1.29, 1.82) is 0 Å². The third kappa shape index (κ3) is 2.69. The largest absolute Gasteiger partial charge is 0.507 e. The number of phenols is 1. The maximum Gasteiger partial charge on any atom is 0.259 e. The van der Waals surface area contributed by atoms with Gasteiger partial charge in [0.15, 0.2) is 0 Å². The molecule has 0 saturated carbocycles. The molecule has 21 heavy (non-hydrogen) atoms. The van der Waals surface area contributed by atoms with E-state index in [9.17, 15) is 9.90 Å². The zero-order valence-electron chi connectivity index (χ0n) is 11.5. The lowest BCUT2D eigenvalue weighted by atomic mass is 10.1. The quantitative estimate of drug-likeness (QED) is 0.754. The van der Waals surface area contributed by atoms with Crippen LogP contribution in [0.4, 0.5) is 5.69 Å². The van der Waals surface area contributed by atoms with Gasteiger partial charge in [-0.3, -0.25) is 9.78 Å². The molecule has 0 bridgehead atoms. The van der Waals surface area contributed by atoms with Crippen LogP contribution >= 0.6 is 0 Å². The van der Waals surface area contributed by atoms with Crippen LogP contribution in [0.15, 0.2) is 54.7 Å². The molecule has 0 spiro atoms. The summed E-state index contributed by atoms with van der Waals surface area (Å²) in [7, 11) is 0. The van der Waals surface area contributed by atoms with E-state index >= 15 is 0 Å². The lowest BCUT2D eigenvalue weighted by Crippen LogP contribution is -2.12. The molecule has 4 nitrogen and oxygen atoms in total. The van der Waals surface area contributed by atoms with Gasteiger partial charge in [-0.25, -0.2) is 0 Å². The molecule has 2 aromatic carbocycles. The third-order valence-corrected chi connectivity index (χ3v) is 3.28. The minimum absolute atomic E-state index is 0.0359. The first-order chi connectivity index (χ1) is 10.1. The van der Waals surface area contributed by atoms with Gasteiger partial charge in [-0.05, 0) is 42.0 Å². The first-order valence-electron chi connectivity index (χ1n) is 6.59. The van der Waals surface area contributed by atoms with Crippen molar-refractivity contribution in [2.24, 2.45) is 0 Å². The van der Waals surface area contributed by atoms with Gasteiger partial charge in [-0.2, -0.15) is 0 Å². The Morgan fingerprint density at radius 1 is 1.10 bits per heavy atom. The van der Waals surface area contributed by atoms with Crippen LogP contribution in [-0.4, -0.2) is 16.0 Å². The highest BCUT2D eigenvalue weighted by Gasteiger charge is 2.12. The Kier molecular flexibility index (Phi) is 3.28. The fourth-order valence-corrected chi connectivity index (χ4v) is 2.15. The Labute approximate surface area is 122 Å². The molecule has 3 rings (SSSR count). The lowest BCUT2D eigenvalue weighted by Gasteiger charge is -2.08. The zero-order valence-corrected chi connectivity index (χ0v) is 11.5. The first kappa shape index (κ1) is 13.1. The topological polar surface area (TPSA) is 62.2 Å². The molecule has 1 heterocycles. The number of fused-ring (bicyclic) bond motifs is 1. The molecule has 0 atom stereocenters. The summed E-state index contributed by atoms with van der Waals surface area (Å²) in [5, 5.41) is 14.6. The number of hydrogen-bond donors (Lipinski definition) is 2. The van der Waals surface area contributed by atoms with Crippen LogP contribution in [-0.2, 0) is 0 Å². The normalized spacial score (nSPS) is 10.5. The van der Waals surface area contributed by atoms with E-state index in [4.69, 9.17) is 0 Å². The van der Waals surface area contributed by atoms with Gasteiger partial charge in [-0.15, -0.1) is 0 Å². The third-order valence-electron chi connectivity index (χ3n) is 3.28. The number of nitrogens with zero attached hydrogens (tertiary/aromatic N) is 1. The van der Waals surface area contributed by atoms with Crippen molar-refractivity contribution < 1.29 is 9.90 Å². The number of aryl methyl sites for hydroxylation is 1. The highest BCUT2D eigenvalue weighted by atomic mass is 16.3. The van der Waals surface area contributed by atoms with Crippen LogP contribution in [0.25, 0.3) is 10.8 Å². The molecule has 4 heteroatoms. The van der Waals surface area contributed by atoms with Gasteiger partial charge in [0.05, 0.1) is 17.4 Å². The van der Waals surface area contributed by atoms with Gasteiger partial charge >= 0.3 is 0 Å².